The SMILES string of the molecule is N#CCc1nc(C2(c3ccccc3)CCC2)no1. The lowest BCUT2D eigenvalue weighted by molar-refractivity contribution is 0.271. The van der Waals surface area contributed by atoms with E-state index in [0.717, 1.165) is 18.7 Å². The van der Waals surface area contributed by atoms with E-state index in [2.05, 4.69) is 22.3 Å². The molecule has 3 rings (SSSR count). The molecule has 1 aliphatic rings. The van der Waals surface area contributed by atoms with Crippen molar-refractivity contribution < 1.29 is 4.52 Å². The van der Waals surface area contributed by atoms with E-state index in [4.69, 9.17) is 9.78 Å². The number of aromatic nitrogens is 2. The molecule has 1 aromatic carbocycles. The number of hydrogen-bond acceptors (Lipinski definition) is 4. The Hall–Kier alpha value is -2.15. The van der Waals surface area contributed by atoms with E-state index in [1.165, 1.54) is 12.0 Å². The molecule has 0 spiro atoms. The Morgan fingerprint density at radius 2 is 2.06 bits per heavy atom. The van der Waals surface area contributed by atoms with Crippen molar-refractivity contribution in [1.82, 2.24) is 10.1 Å². The standard InChI is InChI=1S/C14H13N3O/c15-10-7-12-16-13(17-18-12)14(8-4-9-14)11-5-2-1-3-6-11/h1-3,5-6H,4,7-9H2. The predicted molar refractivity (Wildman–Crippen MR) is 64.7 cm³/mol. The maximum Gasteiger partial charge on any atom is 0.240 e. The Bertz CT molecular complexity index is 579. The first-order valence-corrected chi connectivity index (χ1v) is 6.11. The van der Waals surface area contributed by atoms with Crippen molar-refractivity contribution in [2.24, 2.45) is 0 Å². The predicted octanol–water partition coefficient (Wildman–Crippen LogP) is 2.61. The summed E-state index contributed by atoms with van der Waals surface area (Å²) >= 11 is 0. The normalized spacial score (nSPS) is 16.8. The Kier molecular flexibility index (Phi) is 2.60. The van der Waals surface area contributed by atoms with Crippen LogP contribution in [0.5, 0.6) is 0 Å². The van der Waals surface area contributed by atoms with E-state index in [1.807, 2.05) is 24.3 Å². The Labute approximate surface area is 105 Å². The van der Waals surface area contributed by atoms with Gasteiger partial charge in [0.15, 0.2) is 5.82 Å². The van der Waals surface area contributed by atoms with Crippen LogP contribution in [0.4, 0.5) is 0 Å². The highest BCUT2D eigenvalue weighted by Crippen LogP contribution is 2.47. The molecular weight excluding hydrogens is 226 g/mol. The van der Waals surface area contributed by atoms with Crippen LogP contribution in [-0.2, 0) is 11.8 Å². The molecule has 0 aliphatic heterocycles. The summed E-state index contributed by atoms with van der Waals surface area (Å²) in [5.41, 5.74) is 1.14. The first-order valence-electron chi connectivity index (χ1n) is 6.11. The van der Waals surface area contributed by atoms with Gasteiger partial charge in [-0.1, -0.05) is 41.9 Å². The quantitative estimate of drug-likeness (QED) is 0.825. The van der Waals surface area contributed by atoms with Crippen LogP contribution >= 0.6 is 0 Å². The van der Waals surface area contributed by atoms with Crippen molar-refractivity contribution in [2.45, 2.75) is 31.1 Å². The molecule has 1 aliphatic carbocycles. The van der Waals surface area contributed by atoms with Crippen LogP contribution in [0.1, 0.15) is 36.5 Å². The third-order valence-electron chi connectivity index (χ3n) is 3.66. The van der Waals surface area contributed by atoms with E-state index in [1.54, 1.807) is 0 Å². The first-order chi connectivity index (χ1) is 8.85. The van der Waals surface area contributed by atoms with E-state index in [0.29, 0.717) is 5.89 Å². The lowest BCUT2D eigenvalue weighted by atomic mass is 9.64. The Morgan fingerprint density at radius 3 is 2.67 bits per heavy atom. The van der Waals surface area contributed by atoms with Gasteiger partial charge in [-0.3, -0.25) is 0 Å². The summed E-state index contributed by atoms with van der Waals surface area (Å²) in [6, 6.07) is 12.3. The largest absolute Gasteiger partial charge is 0.338 e. The Morgan fingerprint density at radius 1 is 1.28 bits per heavy atom. The topological polar surface area (TPSA) is 62.7 Å². The summed E-state index contributed by atoms with van der Waals surface area (Å²) in [7, 11) is 0. The molecule has 0 bridgehead atoms. The van der Waals surface area contributed by atoms with Crippen LogP contribution in [0.2, 0.25) is 0 Å². The maximum absolute atomic E-state index is 8.64. The fourth-order valence-corrected chi connectivity index (χ4v) is 2.52. The fourth-order valence-electron chi connectivity index (χ4n) is 2.52. The van der Waals surface area contributed by atoms with Crippen LogP contribution in [-0.4, -0.2) is 10.1 Å². The summed E-state index contributed by atoms with van der Waals surface area (Å²) in [5.74, 6) is 1.14. The molecule has 1 aromatic heterocycles. The van der Waals surface area contributed by atoms with Gasteiger partial charge in [-0.15, -0.1) is 0 Å². The third kappa shape index (κ3) is 1.60. The smallest absolute Gasteiger partial charge is 0.240 e. The molecule has 0 saturated heterocycles. The van der Waals surface area contributed by atoms with Gasteiger partial charge in [0.25, 0.3) is 0 Å². The average molecular weight is 239 g/mol. The van der Waals surface area contributed by atoms with Gasteiger partial charge < -0.3 is 4.52 Å². The van der Waals surface area contributed by atoms with Gasteiger partial charge in [-0.2, -0.15) is 10.2 Å². The summed E-state index contributed by atoms with van der Waals surface area (Å²) in [4.78, 5) is 4.37. The number of nitrogens with zero attached hydrogens (tertiary/aromatic N) is 3. The van der Waals surface area contributed by atoms with Crippen LogP contribution in [0.15, 0.2) is 34.9 Å². The zero-order chi connectivity index (χ0) is 12.4. The van der Waals surface area contributed by atoms with E-state index >= 15 is 0 Å². The van der Waals surface area contributed by atoms with Gasteiger partial charge in [0, 0.05) is 0 Å². The van der Waals surface area contributed by atoms with Crippen LogP contribution < -0.4 is 0 Å². The van der Waals surface area contributed by atoms with Crippen molar-refractivity contribution in [1.29, 1.82) is 5.26 Å². The molecule has 0 amide bonds. The number of hydrogen-bond donors (Lipinski definition) is 0. The lowest BCUT2D eigenvalue weighted by Crippen LogP contribution is -2.36. The second kappa shape index (κ2) is 4.26. The fraction of sp³-hybridized carbons (Fsp3) is 0.357. The average Bonchev–Trinajstić information content (AvgIpc) is 2.79. The summed E-state index contributed by atoms with van der Waals surface area (Å²) in [6.45, 7) is 0. The van der Waals surface area contributed by atoms with Gasteiger partial charge in [0.05, 0.1) is 11.5 Å². The van der Waals surface area contributed by atoms with Crippen LogP contribution in [0.25, 0.3) is 0 Å². The maximum atomic E-state index is 8.64. The molecule has 1 fully saturated rings. The van der Waals surface area contributed by atoms with E-state index < -0.39 is 0 Å². The number of benzene rings is 1. The van der Waals surface area contributed by atoms with Crippen molar-refractivity contribution in [2.75, 3.05) is 0 Å². The highest BCUT2D eigenvalue weighted by molar-refractivity contribution is 5.35. The molecule has 90 valence electrons. The van der Waals surface area contributed by atoms with Gasteiger partial charge >= 0.3 is 0 Å². The highest BCUT2D eigenvalue weighted by atomic mass is 16.5. The molecule has 18 heavy (non-hydrogen) atoms. The minimum atomic E-state index is -0.0987. The van der Waals surface area contributed by atoms with Crippen molar-refractivity contribution in [3.05, 3.63) is 47.6 Å². The summed E-state index contributed by atoms with van der Waals surface area (Å²) < 4.78 is 5.12. The minimum absolute atomic E-state index is 0.0987. The van der Waals surface area contributed by atoms with Crippen LogP contribution in [0, 0.1) is 11.3 Å². The molecule has 4 nitrogen and oxygen atoms in total. The van der Waals surface area contributed by atoms with Crippen LogP contribution in [0.3, 0.4) is 0 Å². The van der Waals surface area contributed by atoms with Gasteiger partial charge in [-0.25, -0.2) is 0 Å². The van der Waals surface area contributed by atoms with Gasteiger partial charge in [0.2, 0.25) is 5.89 Å². The molecule has 4 heteroatoms. The zero-order valence-electron chi connectivity index (χ0n) is 9.97. The minimum Gasteiger partial charge on any atom is -0.338 e. The lowest BCUT2D eigenvalue weighted by Gasteiger charge is -2.39. The molecule has 1 heterocycles. The molecule has 2 aromatic rings. The second-order valence-electron chi connectivity index (χ2n) is 4.65. The second-order valence-corrected chi connectivity index (χ2v) is 4.65. The highest BCUT2D eigenvalue weighted by Gasteiger charge is 2.44. The van der Waals surface area contributed by atoms with Crippen molar-refractivity contribution >= 4 is 0 Å². The molecular formula is C14H13N3O. The molecule has 0 radical (unpaired) electrons. The van der Waals surface area contributed by atoms with Crippen molar-refractivity contribution in [3.8, 4) is 6.07 Å². The number of rotatable bonds is 3. The number of nitriles is 1. The van der Waals surface area contributed by atoms with Gasteiger partial charge in [0.1, 0.15) is 6.42 Å². The third-order valence-corrected chi connectivity index (χ3v) is 3.66. The van der Waals surface area contributed by atoms with E-state index in [9.17, 15) is 0 Å². The molecule has 0 N–H and O–H groups in total. The summed E-state index contributed by atoms with van der Waals surface area (Å²) in [6.07, 6.45) is 3.44. The Balaban J connectivity index is 1.99. The van der Waals surface area contributed by atoms with Gasteiger partial charge in [-0.05, 0) is 18.4 Å². The molecule has 0 atom stereocenters. The zero-order valence-corrected chi connectivity index (χ0v) is 9.97. The molecule has 1 saturated carbocycles. The summed E-state index contributed by atoms with van der Waals surface area (Å²) in [5, 5.41) is 12.7. The monoisotopic (exact) mass is 239 g/mol. The van der Waals surface area contributed by atoms with E-state index in [-0.39, 0.29) is 11.8 Å². The van der Waals surface area contributed by atoms with Crippen molar-refractivity contribution in [3.63, 3.8) is 0 Å². The molecule has 0 unspecified atom stereocenters. The first kappa shape index (κ1) is 11.0.